The Balaban J connectivity index is 1.38. The van der Waals surface area contributed by atoms with E-state index in [-0.39, 0.29) is 12.1 Å². The summed E-state index contributed by atoms with van der Waals surface area (Å²) in [4.78, 5) is 14.9. The van der Waals surface area contributed by atoms with Gasteiger partial charge in [-0.2, -0.15) is 10.1 Å². The molecule has 2 atom stereocenters. The molecule has 9 heteroatoms. The second kappa shape index (κ2) is 8.32. The van der Waals surface area contributed by atoms with Crippen molar-refractivity contribution >= 4 is 11.8 Å². The number of hydrogen-bond acceptors (Lipinski definition) is 8. The van der Waals surface area contributed by atoms with Crippen molar-refractivity contribution in [2.45, 2.75) is 18.7 Å². The minimum atomic E-state index is 0.0995. The van der Waals surface area contributed by atoms with E-state index in [1.807, 2.05) is 25.2 Å². The Kier molecular flexibility index (Phi) is 5.45. The van der Waals surface area contributed by atoms with Crippen molar-refractivity contribution in [3.63, 3.8) is 0 Å². The highest BCUT2D eigenvalue weighted by atomic mass is 16.5. The number of aromatic nitrogens is 5. The van der Waals surface area contributed by atoms with Gasteiger partial charge in [-0.1, -0.05) is 12.1 Å². The molecule has 146 valence electrons. The number of rotatable bonds is 7. The first-order chi connectivity index (χ1) is 13.8. The molecule has 0 amide bonds. The summed E-state index contributed by atoms with van der Waals surface area (Å²) >= 11 is 0. The van der Waals surface area contributed by atoms with E-state index in [4.69, 9.17) is 4.74 Å². The lowest BCUT2D eigenvalue weighted by atomic mass is 10.1. The first-order valence-corrected chi connectivity index (χ1v) is 9.22. The lowest BCUT2D eigenvalue weighted by Crippen LogP contribution is -2.39. The molecule has 4 rings (SSSR count). The third-order valence-electron chi connectivity index (χ3n) is 4.95. The van der Waals surface area contributed by atoms with Gasteiger partial charge in [0, 0.05) is 40.0 Å². The fourth-order valence-electron chi connectivity index (χ4n) is 3.40. The summed E-state index contributed by atoms with van der Waals surface area (Å²) in [6.07, 6.45) is 5.09. The fraction of sp³-hybridized carbons (Fsp3) is 0.368. The Labute approximate surface area is 163 Å². The van der Waals surface area contributed by atoms with Crippen molar-refractivity contribution in [3.8, 4) is 5.69 Å². The Morgan fingerprint density at radius 2 is 2.04 bits per heavy atom. The van der Waals surface area contributed by atoms with Gasteiger partial charge in [-0.3, -0.25) is 0 Å². The molecule has 1 aliphatic heterocycles. The molecule has 2 N–H and O–H groups in total. The average Bonchev–Trinajstić information content (AvgIpc) is 3.42. The molecule has 0 unspecified atom stereocenters. The molecular formula is C19H24N8O. The van der Waals surface area contributed by atoms with Crippen LogP contribution in [0.2, 0.25) is 0 Å². The molecular weight excluding hydrogens is 356 g/mol. The first-order valence-electron chi connectivity index (χ1n) is 9.22. The maximum absolute atomic E-state index is 5.71. The molecule has 0 radical (unpaired) electrons. The van der Waals surface area contributed by atoms with E-state index in [0.717, 1.165) is 31.1 Å². The minimum absolute atomic E-state index is 0.0995. The second-order valence-corrected chi connectivity index (χ2v) is 6.66. The summed E-state index contributed by atoms with van der Waals surface area (Å²) in [5, 5.41) is 10.8. The van der Waals surface area contributed by atoms with Crippen LogP contribution in [0.15, 0.2) is 49.2 Å². The van der Waals surface area contributed by atoms with Gasteiger partial charge in [-0.25, -0.2) is 14.6 Å². The maximum Gasteiger partial charge on any atom is 0.224 e. The van der Waals surface area contributed by atoms with Gasteiger partial charge in [0.1, 0.15) is 18.5 Å². The number of anilines is 2. The predicted octanol–water partition coefficient (Wildman–Crippen LogP) is 1.09. The van der Waals surface area contributed by atoms with Crippen LogP contribution in [0.1, 0.15) is 5.56 Å². The molecule has 0 bridgehead atoms. The van der Waals surface area contributed by atoms with Gasteiger partial charge in [0.05, 0.1) is 17.8 Å². The highest BCUT2D eigenvalue weighted by molar-refractivity contribution is 5.44. The SMILES string of the molecule is CNc1nccc(N2C[C@H](OC)[C@H](NCc3ccc(-n4cncn4)cc3)C2)n1. The van der Waals surface area contributed by atoms with Gasteiger partial charge in [0.15, 0.2) is 0 Å². The van der Waals surface area contributed by atoms with Gasteiger partial charge in [-0.05, 0) is 23.8 Å². The lowest BCUT2D eigenvalue weighted by Gasteiger charge is -2.18. The standard InChI is InChI=1S/C19H24N8O/c1-20-19-22-8-7-18(25-19)26-10-16(17(11-26)28-2)23-9-14-3-5-15(6-4-14)27-13-21-12-24-27/h3-8,12-13,16-17,23H,9-11H2,1-2H3,(H,20,22,25)/t16-,17+/m1/s1. The predicted molar refractivity (Wildman–Crippen MR) is 107 cm³/mol. The van der Waals surface area contributed by atoms with E-state index in [0.29, 0.717) is 5.95 Å². The van der Waals surface area contributed by atoms with E-state index in [2.05, 4.69) is 47.7 Å². The quantitative estimate of drug-likeness (QED) is 0.629. The molecule has 0 spiro atoms. The highest BCUT2D eigenvalue weighted by Gasteiger charge is 2.33. The minimum Gasteiger partial charge on any atom is -0.378 e. The van der Waals surface area contributed by atoms with Crippen LogP contribution in [0.3, 0.4) is 0 Å². The van der Waals surface area contributed by atoms with E-state index < -0.39 is 0 Å². The molecule has 3 aromatic rings. The average molecular weight is 380 g/mol. The van der Waals surface area contributed by atoms with Gasteiger partial charge < -0.3 is 20.3 Å². The van der Waals surface area contributed by atoms with Crippen molar-refractivity contribution in [1.29, 1.82) is 0 Å². The summed E-state index contributed by atoms with van der Waals surface area (Å²) in [5.74, 6) is 1.53. The molecule has 1 fully saturated rings. The molecule has 1 saturated heterocycles. The molecule has 0 saturated carbocycles. The monoisotopic (exact) mass is 380 g/mol. The molecule has 1 aliphatic rings. The maximum atomic E-state index is 5.71. The number of benzene rings is 1. The zero-order valence-electron chi connectivity index (χ0n) is 16.0. The molecule has 3 heterocycles. The normalized spacial score (nSPS) is 19.1. The zero-order chi connectivity index (χ0) is 19.3. The van der Waals surface area contributed by atoms with Crippen molar-refractivity contribution < 1.29 is 4.74 Å². The Morgan fingerprint density at radius 3 is 2.75 bits per heavy atom. The molecule has 9 nitrogen and oxygen atoms in total. The summed E-state index contributed by atoms with van der Waals surface area (Å²) < 4.78 is 7.45. The van der Waals surface area contributed by atoms with E-state index in [1.165, 1.54) is 11.9 Å². The Bertz CT molecular complexity index is 883. The van der Waals surface area contributed by atoms with Crippen LogP contribution < -0.4 is 15.5 Å². The van der Waals surface area contributed by atoms with Gasteiger partial charge >= 0.3 is 0 Å². The first kappa shape index (κ1) is 18.3. The van der Waals surface area contributed by atoms with Crippen LogP contribution in [0, 0.1) is 0 Å². The summed E-state index contributed by atoms with van der Waals surface area (Å²) in [6, 6.07) is 10.4. The van der Waals surface area contributed by atoms with Crippen molar-refractivity contribution in [3.05, 3.63) is 54.7 Å². The van der Waals surface area contributed by atoms with E-state index in [1.54, 1.807) is 24.3 Å². The summed E-state index contributed by atoms with van der Waals surface area (Å²) in [5.41, 5.74) is 2.20. The Morgan fingerprint density at radius 1 is 1.18 bits per heavy atom. The lowest BCUT2D eigenvalue weighted by molar-refractivity contribution is 0.0967. The molecule has 1 aromatic carbocycles. The largest absolute Gasteiger partial charge is 0.378 e. The number of hydrogen-bond donors (Lipinski definition) is 2. The molecule has 2 aromatic heterocycles. The number of nitrogens with one attached hydrogen (secondary N) is 2. The van der Waals surface area contributed by atoms with Crippen LogP contribution in [0.5, 0.6) is 0 Å². The second-order valence-electron chi connectivity index (χ2n) is 6.66. The summed E-state index contributed by atoms with van der Waals surface area (Å²) in [6.45, 7) is 2.39. The zero-order valence-corrected chi connectivity index (χ0v) is 16.0. The topological polar surface area (TPSA) is 93.0 Å². The van der Waals surface area contributed by atoms with Crippen LogP contribution in [-0.2, 0) is 11.3 Å². The van der Waals surface area contributed by atoms with Gasteiger partial charge in [-0.15, -0.1) is 0 Å². The van der Waals surface area contributed by atoms with Gasteiger partial charge in [0.2, 0.25) is 5.95 Å². The van der Waals surface area contributed by atoms with Crippen molar-refractivity contribution in [2.24, 2.45) is 0 Å². The van der Waals surface area contributed by atoms with Crippen molar-refractivity contribution in [2.75, 3.05) is 37.5 Å². The van der Waals surface area contributed by atoms with Crippen molar-refractivity contribution in [1.82, 2.24) is 30.0 Å². The third kappa shape index (κ3) is 3.95. The Hall–Kier alpha value is -3.04. The molecule has 28 heavy (non-hydrogen) atoms. The summed E-state index contributed by atoms with van der Waals surface area (Å²) in [7, 11) is 3.58. The molecule has 0 aliphatic carbocycles. The highest BCUT2D eigenvalue weighted by Crippen LogP contribution is 2.21. The van der Waals surface area contributed by atoms with Crippen LogP contribution >= 0.6 is 0 Å². The number of methoxy groups -OCH3 is 1. The third-order valence-corrected chi connectivity index (χ3v) is 4.95. The van der Waals surface area contributed by atoms with E-state index in [9.17, 15) is 0 Å². The van der Waals surface area contributed by atoms with Gasteiger partial charge in [0.25, 0.3) is 0 Å². The fourth-order valence-corrected chi connectivity index (χ4v) is 3.40. The van der Waals surface area contributed by atoms with Crippen LogP contribution in [0.25, 0.3) is 5.69 Å². The van der Waals surface area contributed by atoms with E-state index >= 15 is 0 Å². The number of ether oxygens (including phenoxy) is 1. The smallest absolute Gasteiger partial charge is 0.224 e. The number of nitrogens with zero attached hydrogens (tertiary/aromatic N) is 6. The van der Waals surface area contributed by atoms with Crippen LogP contribution in [0.4, 0.5) is 11.8 Å². The van der Waals surface area contributed by atoms with Crippen LogP contribution in [-0.4, -0.2) is 64.1 Å².